The summed E-state index contributed by atoms with van der Waals surface area (Å²) in [4.78, 5) is 24.0. The summed E-state index contributed by atoms with van der Waals surface area (Å²) < 4.78 is 5.15. The molecule has 1 fully saturated rings. The fourth-order valence-electron chi connectivity index (χ4n) is 1.81. The van der Waals surface area contributed by atoms with E-state index < -0.39 is 29.3 Å². The predicted molar refractivity (Wildman–Crippen MR) is 59.6 cm³/mol. The van der Waals surface area contributed by atoms with Gasteiger partial charge in [-0.1, -0.05) is 0 Å². The number of rotatable bonds is 1. The fourth-order valence-corrected chi connectivity index (χ4v) is 1.81. The Balaban J connectivity index is 2.77. The van der Waals surface area contributed by atoms with Gasteiger partial charge in [0.1, 0.15) is 5.60 Å². The molecule has 0 aromatic heterocycles. The molecule has 1 aliphatic heterocycles. The van der Waals surface area contributed by atoms with Crippen LogP contribution in [0.25, 0.3) is 0 Å². The van der Waals surface area contributed by atoms with E-state index in [1.165, 1.54) is 11.8 Å². The summed E-state index contributed by atoms with van der Waals surface area (Å²) in [7, 11) is 0. The lowest BCUT2D eigenvalue weighted by Gasteiger charge is -2.30. The summed E-state index contributed by atoms with van der Waals surface area (Å²) in [5.74, 6) is -1.31. The SMILES string of the molecule is CC1N(C(=O)OC(C)(C)C)CC[C@]1(O)C(=O)O. The normalized spacial score (nSPS) is 29.2. The van der Waals surface area contributed by atoms with Crippen LogP contribution in [0.5, 0.6) is 0 Å². The van der Waals surface area contributed by atoms with E-state index in [0.717, 1.165) is 0 Å². The molecule has 0 aliphatic carbocycles. The molecule has 0 aromatic rings. The molecule has 17 heavy (non-hydrogen) atoms. The van der Waals surface area contributed by atoms with Gasteiger partial charge in [0.2, 0.25) is 0 Å². The van der Waals surface area contributed by atoms with Crippen LogP contribution in [0.3, 0.4) is 0 Å². The van der Waals surface area contributed by atoms with Crippen molar-refractivity contribution < 1.29 is 24.5 Å². The molecule has 2 N–H and O–H groups in total. The van der Waals surface area contributed by atoms with Crippen molar-refractivity contribution in [3.63, 3.8) is 0 Å². The molecule has 0 radical (unpaired) electrons. The highest BCUT2D eigenvalue weighted by Crippen LogP contribution is 2.30. The molecule has 2 atom stereocenters. The number of amides is 1. The van der Waals surface area contributed by atoms with Crippen LogP contribution in [0, 0.1) is 0 Å². The molecule has 0 aromatic carbocycles. The summed E-state index contributed by atoms with van der Waals surface area (Å²) in [5, 5.41) is 18.9. The van der Waals surface area contributed by atoms with Gasteiger partial charge in [-0.15, -0.1) is 0 Å². The molecule has 1 amide bonds. The number of hydrogen-bond donors (Lipinski definition) is 2. The number of carboxylic acids is 1. The topological polar surface area (TPSA) is 87.1 Å². The third-order valence-electron chi connectivity index (χ3n) is 2.89. The van der Waals surface area contributed by atoms with Crippen LogP contribution < -0.4 is 0 Å². The number of aliphatic carboxylic acids is 1. The Bertz CT molecular complexity index is 335. The maximum absolute atomic E-state index is 11.8. The van der Waals surface area contributed by atoms with Gasteiger partial charge in [-0.25, -0.2) is 9.59 Å². The minimum Gasteiger partial charge on any atom is -0.479 e. The minimum absolute atomic E-state index is 0.0166. The molecule has 0 spiro atoms. The average Bonchev–Trinajstić information content (AvgIpc) is 2.42. The van der Waals surface area contributed by atoms with Gasteiger partial charge in [0.15, 0.2) is 5.60 Å². The second kappa shape index (κ2) is 4.18. The second-order valence-corrected chi connectivity index (χ2v) is 5.33. The maximum Gasteiger partial charge on any atom is 0.410 e. The van der Waals surface area contributed by atoms with Crippen LogP contribution >= 0.6 is 0 Å². The maximum atomic E-state index is 11.8. The van der Waals surface area contributed by atoms with Crippen molar-refractivity contribution in [2.24, 2.45) is 0 Å². The molecule has 6 nitrogen and oxygen atoms in total. The Labute approximate surface area is 100 Å². The van der Waals surface area contributed by atoms with E-state index in [1.54, 1.807) is 20.8 Å². The molecule has 1 unspecified atom stereocenters. The first-order chi connectivity index (χ1) is 7.58. The summed E-state index contributed by atoms with van der Waals surface area (Å²) in [6.45, 7) is 6.88. The number of likely N-dealkylation sites (tertiary alicyclic amines) is 1. The number of carbonyl (C=O) groups excluding carboxylic acids is 1. The number of carboxylic acid groups (broad SMARTS) is 1. The van der Waals surface area contributed by atoms with E-state index in [1.807, 2.05) is 0 Å². The molecule has 1 aliphatic rings. The van der Waals surface area contributed by atoms with E-state index in [0.29, 0.717) is 0 Å². The monoisotopic (exact) mass is 245 g/mol. The Morgan fingerprint density at radius 3 is 2.29 bits per heavy atom. The molecule has 0 saturated carbocycles. The van der Waals surface area contributed by atoms with Crippen molar-refractivity contribution in [3.8, 4) is 0 Å². The predicted octanol–water partition coefficient (Wildman–Crippen LogP) is 0.831. The summed E-state index contributed by atoms with van der Waals surface area (Å²) >= 11 is 0. The van der Waals surface area contributed by atoms with E-state index >= 15 is 0 Å². The number of nitrogens with zero attached hydrogens (tertiary/aromatic N) is 1. The van der Waals surface area contributed by atoms with Gasteiger partial charge < -0.3 is 19.8 Å². The Kier molecular flexibility index (Phi) is 3.38. The molecule has 1 saturated heterocycles. The third kappa shape index (κ3) is 2.69. The standard InChI is InChI=1S/C11H19NO5/c1-7-11(16,8(13)14)5-6-12(7)9(15)17-10(2,3)4/h7,16H,5-6H2,1-4H3,(H,13,14)/t7?,11-/m1/s1. The van der Waals surface area contributed by atoms with Gasteiger partial charge in [0.25, 0.3) is 0 Å². The highest BCUT2D eigenvalue weighted by molar-refractivity contribution is 5.81. The van der Waals surface area contributed by atoms with Crippen molar-refractivity contribution in [1.29, 1.82) is 0 Å². The van der Waals surface area contributed by atoms with Gasteiger partial charge in [-0.05, 0) is 27.7 Å². The zero-order valence-corrected chi connectivity index (χ0v) is 10.6. The third-order valence-corrected chi connectivity index (χ3v) is 2.89. The number of hydrogen-bond acceptors (Lipinski definition) is 4. The van der Waals surface area contributed by atoms with Crippen LogP contribution in [-0.4, -0.2) is 51.0 Å². The molecule has 1 heterocycles. The first-order valence-electron chi connectivity index (χ1n) is 5.53. The Morgan fingerprint density at radius 1 is 1.41 bits per heavy atom. The minimum atomic E-state index is -1.88. The molecule has 0 bridgehead atoms. The van der Waals surface area contributed by atoms with Crippen LogP contribution in [-0.2, 0) is 9.53 Å². The van der Waals surface area contributed by atoms with Crippen LogP contribution in [0.1, 0.15) is 34.1 Å². The lowest BCUT2D eigenvalue weighted by Crippen LogP contribution is -2.50. The Morgan fingerprint density at radius 2 is 1.94 bits per heavy atom. The van der Waals surface area contributed by atoms with Crippen molar-refractivity contribution in [3.05, 3.63) is 0 Å². The van der Waals surface area contributed by atoms with Crippen LogP contribution in [0.15, 0.2) is 0 Å². The number of ether oxygens (including phenoxy) is 1. The van der Waals surface area contributed by atoms with Gasteiger partial charge in [-0.2, -0.15) is 0 Å². The molecule has 1 rings (SSSR count). The van der Waals surface area contributed by atoms with E-state index in [9.17, 15) is 14.7 Å². The van der Waals surface area contributed by atoms with E-state index in [-0.39, 0.29) is 13.0 Å². The van der Waals surface area contributed by atoms with Crippen molar-refractivity contribution in [2.75, 3.05) is 6.54 Å². The van der Waals surface area contributed by atoms with Crippen LogP contribution in [0.2, 0.25) is 0 Å². The summed E-state index contributed by atoms with van der Waals surface area (Å²) in [6, 6.07) is -0.796. The first kappa shape index (κ1) is 13.8. The van der Waals surface area contributed by atoms with Gasteiger partial charge >= 0.3 is 12.1 Å². The average molecular weight is 245 g/mol. The zero-order valence-electron chi connectivity index (χ0n) is 10.6. The molecule has 98 valence electrons. The van der Waals surface area contributed by atoms with Crippen LogP contribution in [0.4, 0.5) is 4.79 Å². The quantitative estimate of drug-likeness (QED) is 0.714. The van der Waals surface area contributed by atoms with Crippen molar-refractivity contribution in [2.45, 2.75) is 51.4 Å². The fraction of sp³-hybridized carbons (Fsp3) is 0.818. The molecular weight excluding hydrogens is 226 g/mol. The number of aliphatic hydroxyl groups is 1. The summed E-state index contributed by atoms with van der Waals surface area (Å²) in [6.07, 6.45) is -0.579. The second-order valence-electron chi connectivity index (χ2n) is 5.33. The van der Waals surface area contributed by atoms with Gasteiger partial charge in [0.05, 0.1) is 6.04 Å². The number of carbonyl (C=O) groups is 2. The highest BCUT2D eigenvalue weighted by atomic mass is 16.6. The van der Waals surface area contributed by atoms with Crippen molar-refractivity contribution in [1.82, 2.24) is 4.90 Å². The zero-order chi connectivity index (χ0) is 13.4. The molecular formula is C11H19NO5. The van der Waals surface area contributed by atoms with E-state index in [2.05, 4.69) is 0 Å². The Hall–Kier alpha value is -1.30. The van der Waals surface area contributed by atoms with E-state index in [4.69, 9.17) is 9.84 Å². The lowest BCUT2D eigenvalue weighted by molar-refractivity contribution is -0.160. The smallest absolute Gasteiger partial charge is 0.410 e. The van der Waals surface area contributed by atoms with Gasteiger partial charge in [-0.3, -0.25) is 0 Å². The lowest BCUT2D eigenvalue weighted by atomic mass is 9.96. The first-order valence-corrected chi connectivity index (χ1v) is 5.53. The van der Waals surface area contributed by atoms with Crippen molar-refractivity contribution >= 4 is 12.1 Å². The largest absolute Gasteiger partial charge is 0.479 e. The highest BCUT2D eigenvalue weighted by Gasteiger charge is 2.51. The molecule has 6 heteroatoms. The van der Waals surface area contributed by atoms with Gasteiger partial charge in [0, 0.05) is 13.0 Å². The summed E-state index contributed by atoms with van der Waals surface area (Å²) in [5.41, 5.74) is -2.52.